The van der Waals surface area contributed by atoms with Gasteiger partial charge in [0.1, 0.15) is 24.1 Å². The zero-order valence-corrected chi connectivity index (χ0v) is 14.4. The summed E-state index contributed by atoms with van der Waals surface area (Å²) in [5.41, 5.74) is 2.14. The summed E-state index contributed by atoms with van der Waals surface area (Å²) in [7, 11) is 0. The summed E-state index contributed by atoms with van der Waals surface area (Å²) in [6, 6.07) is 19.9. The predicted octanol–water partition coefficient (Wildman–Crippen LogP) is 3.10. The number of benzene rings is 2. The molecule has 1 aliphatic heterocycles. The van der Waals surface area contributed by atoms with E-state index in [2.05, 4.69) is 4.98 Å². The average Bonchev–Trinajstić information content (AvgIpc) is 3.14. The number of hydrogen-bond donors (Lipinski definition) is 1. The van der Waals surface area contributed by atoms with Gasteiger partial charge in [-0.15, -0.1) is 0 Å². The normalized spacial score (nSPS) is 22.1. The van der Waals surface area contributed by atoms with E-state index in [0.717, 1.165) is 17.0 Å². The molecule has 0 bridgehead atoms. The molecule has 26 heavy (non-hydrogen) atoms. The number of aliphatic hydroxyl groups is 1. The molecule has 0 aliphatic carbocycles. The molecule has 3 aromatic rings. The Bertz CT molecular complexity index is 820. The summed E-state index contributed by atoms with van der Waals surface area (Å²) < 4.78 is 14.2. The fourth-order valence-corrected chi connectivity index (χ4v) is 3.28. The van der Waals surface area contributed by atoms with Crippen LogP contribution >= 0.6 is 0 Å². The second kappa shape index (κ2) is 7.83. The highest BCUT2D eigenvalue weighted by atomic mass is 16.5. The van der Waals surface area contributed by atoms with Crippen LogP contribution < -0.4 is 0 Å². The topological polar surface area (TPSA) is 56.5 Å². The first-order valence-electron chi connectivity index (χ1n) is 8.81. The highest BCUT2D eigenvalue weighted by molar-refractivity contribution is 5.15. The average molecular weight is 350 g/mol. The second-order valence-electron chi connectivity index (χ2n) is 6.48. The van der Waals surface area contributed by atoms with E-state index in [1.165, 1.54) is 0 Å². The van der Waals surface area contributed by atoms with Gasteiger partial charge >= 0.3 is 0 Å². The highest BCUT2D eigenvalue weighted by Gasteiger charge is 2.38. The van der Waals surface area contributed by atoms with Crippen LogP contribution in [0.5, 0.6) is 0 Å². The Morgan fingerprint density at radius 3 is 2.19 bits per heavy atom. The van der Waals surface area contributed by atoms with Gasteiger partial charge in [-0.25, -0.2) is 4.98 Å². The van der Waals surface area contributed by atoms with Gasteiger partial charge in [0, 0.05) is 12.4 Å². The van der Waals surface area contributed by atoms with E-state index in [0.29, 0.717) is 19.8 Å². The van der Waals surface area contributed by atoms with Crippen molar-refractivity contribution in [3.63, 3.8) is 0 Å². The van der Waals surface area contributed by atoms with E-state index in [4.69, 9.17) is 9.47 Å². The molecule has 0 fully saturated rings. The molecule has 134 valence electrons. The number of nitrogens with zero attached hydrogens (tertiary/aromatic N) is 2. The first-order chi connectivity index (χ1) is 12.8. The van der Waals surface area contributed by atoms with Crippen LogP contribution in [-0.4, -0.2) is 26.9 Å². The molecule has 5 heteroatoms. The molecule has 3 atom stereocenters. The number of imidazole rings is 1. The fourth-order valence-electron chi connectivity index (χ4n) is 3.28. The molecule has 0 saturated heterocycles. The lowest BCUT2D eigenvalue weighted by molar-refractivity contribution is -0.152. The van der Waals surface area contributed by atoms with Crippen molar-refractivity contribution in [2.45, 2.75) is 38.1 Å². The summed E-state index contributed by atoms with van der Waals surface area (Å²) in [6.45, 7) is 1.32. The zero-order valence-electron chi connectivity index (χ0n) is 14.4. The lowest BCUT2D eigenvalue weighted by atomic mass is 10.0. The first-order valence-corrected chi connectivity index (χ1v) is 8.81. The van der Waals surface area contributed by atoms with Crippen LogP contribution in [-0.2, 0) is 29.2 Å². The van der Waals surface area contributed by atoms with Gasteiger partial charge < -0.3 is 19.1 Å². The molecule has 1 aliphatic rings. The number of rotatable bonds is 6. The quantitative estimate of drug-likeness (QED) is 0.742. The number of ether oxygens (including phenoxy) is 2. The molecule has 0 saturated carbocycles. The van der Waals surface area contributed by atoms with E-state index in [-0.39, 0.29) is 0 Å². The lowest BCUT2D eigenvalue weighted by Gasteiger charge is -2.35. The van der Waals surface area contributed by atoms with Gasteiger partial charge in [-0.05, 0) is 11.1 Å². The van der Waals surface area contributed by atoms with E-state index >= 15 is 0 Å². The van der Waals surface area contributed by atoms with Gasteiger partial charge in [0.05, 0.1) is 19.8 Å². The Morgan fingerprint density at radius 1 is 0.923 bits per heavy atom. The minimum absolute atomic E-state index is 0.419. The van der Waals surface area contributed by atoms with Crippen molar-refractivity contribution in [2.24, 2.45) is 0 Å². The Balaban J connectivity index is 1.51. The lowest BCUT2D eigenvalue weighted by Crippen LogP contribution is -2.44. The van der Waals surface area contributed by atoms with Crippen LogP contribution in [0.15, 0.2) is 73.1 Å². The number of aromatic nitrogens is 2. The maximum absolute atomic E-state index is 10.6. The minimum atomic E-state index is -0.652. The molecule has 0 amide bonds. The maximum atomic E-state index is 10.6. The monoisotopic (exact) mass is 350 g/mol. The Morgan fingerprint density at radius 2 is 1.54 bits per heavy atom. The molecule has 0 radical (unpaired) electrons. The van der Waals surface area contributed by atoms with Crippen molar-refractivity contribution in [3.05, 3.63) is 90.0 Å². The van der Waals surface area contributed by atoms with Crippen LogP contribution in [0.3, 0.4) is 0 Å². The van der Waals surface area contributed by atoms with Crippen LogP contribution in [0.1, 0.15) is 23.1 Å². The standard InChI is InChI=1S/C21H22N2O3/c24-18-13-23-12-11-22-21(23)20(26-15-17-9-5-2-6-10-17)19(18)25-14-16-7-3-1-4-8-16/h1-12,18-20,24H,13-15H2/t18-,19+,20-/m0/s1. The van der Waals surface area contributed by atoms with Crippen molar-refractivity contribution in [3.8, 4) is 0 Å². The third-order valence-electron chi connectivity index (χ3n) is 4.62. The van der Waals surface area contributed by atoms with E-state index in [1.54, 1.807) is 6.20 Å². The molecule has 2 heterocycles. The van der Waals surface area contributed by atoms with E-state index < -0.39 is 18.3 Å². The summed E-state index contributed by atoms with van der Waals surface area (Å²) in [5, 5.41) is 10.6. The van der Waals surface area contributed by atoms with Crippen molar-refractivity contribution in [1.82, 2.24) is 9.55 Å². The van der Waals surface area contributed by atoms with Gasteiger partial charge in [0.2, 0.25) is 0 Å². The van der Waals surface area contributed by atoms with Gasteiger partial charge in [-0.2, -0.15) is 0 Å². The predicted molar refractivity (Wildman–Crippen MR) is 97.2 cm³/mol. The van der Waals surface area contributed by atoms with Gasteiger partial charge in [0.15, 0.2) is 0 Å². The van der Waals surface area contributed by atoms with Crippen molar-refractivity contribution in [1.29, 1.82) is 0 Å². The molecule has 0 unspecified atom stereocenters. The fraction of sp³-hybridized carbons (Fsp3) is 0.286. The van der Waals surface area contributed by atoms with E-state index in [9.17, 15) is 5.11 Å². The van der Waals surface area contributed by atoms with Gasteiger partial charge in [0.25, 0.3) is 0 Å². The zero-order chi connectivity index (χ0) is 17.8. The maximum Gasteiger partial charge on any atom is 0.144 e. The molecular formula is C21H22N2O3. The minimum Gasteiger partial charge on any atom is -0.388 e. The van der Waals surface area contributed by atoms with Crippen LogP contribution in [0.25, 0.3) is 0 Å². The summed E-state index contributed by atoms with van der Waals surface area (Å²) in [6.07, 6.45) is 2.07. The summed E-state index contributed by atoms with van der Waals surface area (Å²) in [5.74, 6) is 0.796. The smallest absolute Gasteiger partial charge is 0.144 e. The highest BCUT2D eigenvalue weighted by Crippen LogP contribution is 2.31. The molecular weight excluding hydrogens is 328 g/mol. The molecule has 1 N–H and O–H groups in total. The van der Waals surface area contributed by atoms with Crippen molar-refractivity contribution >= 4 is 0 Å². The summed E-state index contributed by atoms with van der Waals surface area (Å²) in [4.78, 5) is 4.44. The van der Waals surface area contributed by atoms with Crippen LogP contribution in [0.2, 0.25) is 0 Å². The van der Waals surface area contributed by atoms with E-state index in [1.807, 2.05) is 71.4 Å². The van der Waals surface area contributed by atoms with Gasteiger partial charge in [-0.3, -0.25) is 0 Å². The largest absolute Gasteiger partial charge is 0.388 e. The molecule has 1 aromatic heterocycles. The Hall–Kier alpha value is -2.47. The molecule has 5 nitrogen and oxygen atoms in total. The Labute approximate surface area is 152 Å². The number of hydrogen-bond acceptors (Lipinski definition) is 4. The number of fused-ring (bicyclic) bond motifs is 1. The SMILES string of the molecule is O[C@H]1Cn2ccnc2[C@@H](OCc2ccccc2)[C@@H]1OCc1ccccc1. The van der Waals surface area contributed by atoms with Crippen LogP contribution in [0.4, 0.5) is 0 Å². The van der Waals surface area contributed by atoms with Crippen LogP contribution in [0, 0.1) is 0 Å². The molecule has 0 spiro atoms. The Kier molecular flexibility index (Phi) is 5.11. The van der Waals surface area contributed by atoms with Crippen molar-refractivity contribution in [2.75, 3.05) is 0 Å². The molecule has 2 aromatic carbocycles. The molecule has 4 rings (SSSR count). The number of aliphatic hydroxyl groups excluding tert-OH is 1. The second-order valence-corrected chi connectivity index (χ2v) is 6.48. The summed E-state index contributed by atoms with van der Waals surface area (Å²) >= 11 is 0. The third kappa shape index (κ3) is 3.70. The first kappa shape index (κ1) is 17.0. The van der Waals surface area contributed by atoms with Crippen molar-refractivity contribution < 1.29 is 14.6 Å². The third-order valence-corrected chi connectivity index (χ3v) is 4.62. The van der Waals surface area contributed by atoms with Gasteiger partial charge in [-0.1, -0.05) is 60.7 Å².